The number of carbonyl (C=O) groups excluding carboxylic acids is 2. The highest BCUT2D eigenvalue weighted by molar-refractivity contribution is 6.02. The number of fused-ring (bicyclic) bond motifs is 4. The highest BCUT2D eigenvalue weighted by Crippen LogP contribution is 2.46. The summed E-state index contributed by atoms with van der Waals surface area (Å²) in [4.78, 5) is 27.3. The molecule has 1 N–H and O–H groups in total. The first-order valence-electron chi connectivity index (χ1n) is 8.04. The number of ether oxygens (including phenoxy) is 2. The van der Waals surface area contributed by atoms with Gasteiger partial charge in [0.25, 0.3) is 0 Å². The van der Waals surface area contributed by atoms with Crippen molar-refractivity contribution in [1.29, 1.82) is 0 Å². The van der Waals surface area contributed by atoms with Crippen LogP contribution in [0.2, 0.25) is 0 Å². The number of para-hydroxylation sites is 1. The molecule has 0 saturated carbocycles. The fourth-order valence-electron chi connectivity index (χ4n) is 3.85. The molecule has 0 spiro atoms. The second kappa shape index (κ2) is 5.23. The molecule has 122 valence electrons. The van der Waals surface area contributed by atoms with E-state index in [0.717, 1.165) is 11.3 Å². The summed E-state index contributed by atoms with van der Waals surface area (Å²) < 4.78 is 11.3. The summed E-state index contributed by atoms with van der Waals surface area (Å²) in [7, 11) is 0. The van der Waals surface area contributed by atoms with Gasteiger partial charge in [-0.05, 0) is 18.6 Å². The number of morpholine rings is 1. The minimum Gasteiger partial charge on any atom is -0.468 e. The Labute approximate surface area is 134 Å². The molecule has 3 heterocycles. The smallest absolute Gasteiger partial charge is 0.236 e. The lowest BCUT2D eigenvalue weighted by Crippen LogP contribution is -2.63. The Morgan fingerprint density at radius 1 is 1.30 bits per heavy atom. The maximum Gasteiger partial charge on any atom is 0.236 e. The molecule has 2 saturated heterocycles. The number of benzene rings is 1. The SMILES string of the molecule is C[C@]12C[C@H](c3ccccc3O1)C(C(=O)N1CCOCC1)C(=O)N2. The van der Waals surface area contributed by atoms with Gasteiger partial charge < -0.3 is 19.7 Å². The van der Waals surface area contributed by atoms with E-state index in [-0.39, 0.29) is 17.7 Å². The first kappa shape index (κ1) is 14.5. The molecule has 0 aromatic heterocycles. The molecule has 1 aromatic rings. The number of nitrogens with one attached hydrogen (secondary N) is 1. The van der Waals surface area contributed by atoms with Crippen LogP contribution >= 0.6 is 0 Å². The molecule has 4 rings (SSSR count). The average Bonchev–Trinajstić information content (AvgIpc) is 2.54. The molecule has 6 heteroatoms. The predicted molar refractivity (Wildman–Crippen MR) is 81.9 cm³/mol. The van der Waals surface area contributed by atoms with Crippen molar-refractivity contribution >= 4 is 11.8 Å². The van der Waals surface area contributed by atoms with Gasteiger partial charge in [0.15, 0.2) is 5.72 Å². The Balaban J connectivity index is 1.70. The Kier molecular flexibility index (Phi) is 3.30. The van der Waals surface area contributed by atoms with E-state index >= 15 is 0 Å². The van der Waals surface area contributed by atoms with Crippen LogP contribution < -0.4 is 10.1 Å². The van der Waals surface area contributed by atoms with E-state index in [9.17, 15) is 9.59 Å². The summed E-state index contributed by atoms with van der Waals surface area (Å²) >= 11 is 0. The molecular weight excluding hydrogens is 296 g/mol. The Hall–Kier alpha value is -2.08. The van der Waals surface area contributed by atoms with Crippen molar-refractivity contribution in [3.8, 4) is 5.75 Å². The van der Waals surface area contributed by atoms with Gasteiger partial charge in [-0.1, -0.05) is 18.2 Å². The van der Waals surface area contributed by atoms with Crippen molar-refractivity contribution < 1.29 is 19.1 Å². The van der Waals surface area contributed by atoms with E-state index in [0.29, 0.717) is 32.7 Å². The first-order chi connectivity index (χ1) is 11.1. The molecule has 0 radical (unpaired) electrons. The van der Waals surface area contributed by atoms with Gasteiger partial charge in [0.2, 0.25) is 11.8 Å². The molecule has 2 fully saturated rings. The molecule has 3 aliphatic rings. The molecular formula is C17H20N2O4. The minimum absolute atomic E-state index is 0.102. The van der Waals surface area contributed by atoms with Gasteiger partial charge >= 0.3 is 0 Å². The van der Waals surface area contributed by atoms with Crippen molar-refractivity contribution in [1.82, 2.24) is 10.2 Å². The Morgan fingerprint density at radius 3 is 2.83 bits per heavy atom. The number of piperidine rings is 1. The van der Waals surface area contributed by atoms with Gasteiger partial charge in [0.1, 0.15) is 11.7 Å². The van der Waals surface area contributed by atoms with Crippen LogP contribution in [-0.2, 0) is 14.3 Å². The van der Waals surface area contributed by atoms with Crippen molar-refractivity contribution in [3.63, 3.8) is 0 Å². The summed E-state index contributed by atoms with van der Waals surface area (Å²) in [6, 6.07) is 7.68. The van der Waals surface area contributed by atoms with Crippen LogP contribution in [0, 0.1) is 5.92 Å². The molecule has 2 bridgehead atoms. The lowest BCUT2D eigenvalue weighted by molar-refractivity contribution is -0.154. The third-order valence-electron chi connectivity index (χ3n) is 4.92. The monoisotopic (exact) mass is 316 g/mol. The zero-order chi connectivity index (χ0) is 16.0. The van der Waals surface area contributed by atoms with Gasteiger partial charge in [0.05, 0.1) is 13.2 Å². The molecule has 23 heavy (non-hydrogen) atoms. The highest BCUT2D eigenvalue weighted by atomic mass is 16.5. The summed E-state index contributed by atoms with van der Waals surface area (Å²) in [6.45, 7) is 4.02. The quantitative estimate of drug-likeness (QED) is 0.781. The fraction of sp³-hybridized carbons (Fsp3) is 0.529. The standard InChI is InChI=1S/C17H20N2O4/c1-17-10-12(11-4-2-3-5-13(11)23-17)14(15(20)18-17)16(21)19-6-8-22-9-7-19/h2-5,12,14H,6-10H2,1H3,(H,18,20)/t12-,14?,17-/m1/s1. The van der Waals surface area contributed by atoms with Crippen molar-refractivity contribution in [3.05, 3.63) is 29.8 Å². The molecule has 3 aliphatic heterocycles. The topological polar surface area (TPSA) is 67.9 Å². The van der Waals surface area contributed by atoms with Crippen LogP contribution in [0.1, 0.15) is 24.8 Å². The van der Waals surface area contributed by atoms with E-state index in [1.54, 1.807) is 4.90 Å². The molecule has 6 nitrogen and oxygen atoms in total. The minimum atomic E-state index is -0.738. The molecule has 0 aliphatic carbocycles. The normalized spacial score (nSPS) is 32.6. The van der Waals surface area contributed by atoms with Gasteiger partial charge in [-0.3, -0.25) is 9.59 Å². The molecule has 3 atom stereocenters. The molecule has 1 aromatic carbocycles. The highest BCUT2D eigenvalue weighted by Gasteiger charge is 2.52. The Morgan fingerprint density at radius 2 is 2.04 bits per heavy atom. The zero-order valence-corrected chi connectivity index (χ0v) is 13.1. The number of nitrogens with zero attached hydrogens (tertiary/aromatic N) is 1. The van der Waals surface area contributed by atoms with E-state index in [1.165, 1.54) is 0 Å². The van der Waals surface area contributed by atoms with Crippen LogP contribution in [0.15, 0.2) is 24.3 Å². The van der Waals surface area contributed by atoms with Gasteiger partial charge in [0, 0.05) is 25.4 Å². The number of rotatable bonds is 1. The zero-order valence-electron chi connectivity index (χ0n) is 13.1. The third-order valence-corrected chi connectivity index (χ3v) is 4.92. The summed E-state index contributed by atoms with van der Waals surface area (Å²) in [6.07, 6.45) is 0.608. The van der Waals surface area contributed by atoms with Gasteiger partial charge in [-0.25, -0.2) is 0 Å². The Bertz CT molecular complexity index is 656. The summed E-state index contributed by atoms with van der Waals surface area (Å²) in [5.74, 6) is -0.421. The van der Waals surface area contributed by atoms with E-state index in [4.69, 9.17) is 9.47 Å². The second-order valence-corrected chi connectivity index (χ2v) is 6.59. The number of amides is 2. The number of hydrogen-bond acceptors (Lipinski definition) is 4. The maximum atomic E-state index is 12.9. The average molecular weight is 316 g/mol. The van der Waals surface area contributed by atoms with Crippen molar-refractivity contribution in [2.75, 3.05) is 26.3 Å². The first-order valence-corrected chi connectivity index (χ1v) is 8.04. The lowest BCUT2D eigenvalue weighted by Gasteiger charge is -2.47. The van der Waals surface area contributed by atoms with E-state index in [2.05, 4.69) is 5.32 Å². The second-order valence-electron chi connectivity index (χ2n) is 6.59. The van der Waals surface area contributed by atoms with Crippen LogP contribution in [0.25, 0.3) is 0 Å². The van der Waals surface area contributed by atoms with E-state index in [1.807, 2.05) is 31.2 Å². The van der Waals surface area contributed by atoms with Crippen molar-refractivity contribution in [2.24, 2.45) is 5.92 Å². The van der Waals surface area contributed by atoms with Crippen LogP contribution in [0.3, 0.4) is 0 Å². The van der Waals surface area contributed by atoms with Crippen molar-refractivity contribution in [2.45, 2.75) is 25.0 Å². The van der Waals surface area contributed by atoms with Crippen LogP contribution in [-0.4, -0.2) is 48.7 Å². The van der Waals surface area contributed by atoms with E-state index < -0.39 is 11.6 Å². The number of hydrogen-bond donors (Lipinski definition) is 1. The number of carbonyl (C=O) groups is 2. The predicted octanol–water partition coefficient (Wildman–Crippen LogP) is 0.874. The fourth-order valence-corrected chi connectivity index (χ4v) is 3.85. The van der Waals surface area contributed by atoms with Gasteiger partial charge in [-0.2, -0.15) is 0 Å². The lowest BCUT2D eigenvalue weighted by atomic mass is 9.74. The molecule has 2 amide bonds. The molecule has 1 unspecified atom stereocenters. The summed E-state index contributed by atoms with van der Waals surface area (Å²) in [5, 5.41) is 2.90. The van der Waals surface area contributed by atoms with Crippen LogP contribution in [0.4, 0.5) is 0 Å². The third kappa shape index (κ3) is 2.37. The maximum absolute atomic E-state index is 12.9. The summed E-state index contributed by atoms with van der Waals surface area (Å²) in [5.41, 5.74) is 0.212. The van der Waals surface area contributed by atoms with Gasteiger partial charge in [-0.15, -0.1) is 0 Å². The van der Waals surface area contributed by atoms with Crippen LogP contribution in [0.5, 0.6) is 5.75 Å². The largest absolute Gasteiger partial charge is 0.468 e.